The molecule has 15 heteroatoms. The summed E-state index contributed by atoms with van der Waals surface area (Å²) in [4.78, 5) is 34.4. The number of hydrogen-bond donors (Lipinski definition) is 0. The smallest absolute Gasteiger partial charge is 0.434 e. The van der Waals surface area contributed by atoms with E-state index >= 15 is 0 Å². The maximum Gasteiger partial charge on any atom is 0.434 e. The van der Waals surface area contributed by atoms with Gasteiger partial charge in [-0.1, -0.05) is 24.3 Å². The molecule has 0 amide bonds. The maximum absolute atomic E-state index is 13.9. The number of alkyl halides is 6. The van der Waals surface area contributed by atoms with Crippen LogP contribution >= 0.6 is 0 Å². The summed E-state index contributed by atoms with van der Waals surface area (Å²) in [7, 11) is 1.41. The van der Waals surface area contributed by atoms with Gasteiger partial charge in [0, 0.05) is 35.3 Å². The van der Waals surface area contributed by atoms with Gasteiger partial charge in [0.05, 0.1) is 19.3 Å². The molecule has 234 valence electrons. The maximum atomic E-state index is 13.9. The molecule has 1 saturated carbocycles. The molecule has 1 aliphatic carbocycles. The Balaban J connectivity index is 1.46. The first-order valence-electron chi connectivity index (χ1n) is 13.9. The van der Waals surface area contributed by atoms with Crippen LogP contribution in [0, 0.1) is 0 Å². The molecule has 6 rings (SSSR count). The fourth-order valence-corrected chi connectivity index (χ4v) is 5.12. The monoisotopic (exact) mass is 629 g/mol. The number of rotatable bonds is 7. The van der Waals surface area contributed by atoms with Crippen molar-refractivity contribution in [1.29, 1.82) is 0 Å². The largest absolute Gasteiger partial charge is 0.480 e. The molecule has 0 aliphatic heterocycles. The third-order valence-corrected chi connectivity index (χ3v) is 7.49. The van der Waals surface area contributed by atoms with Crippen LogP contribution < -0.4 is 10.3 Å². The van der Waals surface area contributed by atoms with Gasteiger partial charge in [0.25, 0.3) is 5.56 Å². The lowest BCUT2D eigenvalue weighted by Crippen LogP contribution is -2.30. The van der Waals surface area contributed by atoms with E-state index in [2.05, 4.69) is 24.9 Å². The first-order valence-corrected chi connectivity index (χ1v) is 13.9. The molecule has 0 atom stereocenters. The lowest BCUT2D eigenvalue weighted by Gasteiger charge is -2.16. The zero-order valence-electron chi connectivity index (χ0n) is 24.1. The number of methoxy groups -OCH3 is 1. The Morgan fingerprint density at radius 3 is 2.29 bits per heavy atom. The topological polar surface area (TPSA) is 101 Å². The second-order valence-electron chi connectivity index (χ2n) is 11.0. The van der Waals surface area contributed by atoms with Gasteiger partial charge in [-0.15, -0.1) is 0 Å². The van der Waals surface area contributed by atoms with Gasteiger partial charge in [-0.2, -0.15) is 26.3 Å². The predicted octanol–water partition coefficient (Wildman–Crippen LogP) is 6.66. The summed E-state index contributed by atoms with van der Waals surface area (Å²) >= 11 is 0. The highest BCUT2D eigenvalue weighted by Crippen LogP contribution is 2.45. The number of imidazole rings is 1. The highest BCUT2D eigenvalue weighted by atomic mass is 19.4. The molecule has 0 N–H and O–H groups in total. The standard InChI is InChI=1S/C30H25F6N7O2/c1-15(2)42-13-21(30(34,35)36)40-25(42)18-6-4-16(5-7-18)12-43-26-19(10-20(28(43)44)29(31,32)33)11-37-24(41-26)22-23(17-8-9-17)38-14-39-27(22)45-3/h4-7,10-11,13-15,17H,8-9,12H2,1-3H3. The lowest BCUT2D eigenvalue weighted by atomic mass is 10.1. The number of pyridine rings is 1. The average Bonchev–Trinajstić information content (AvgIpc) is 3.73. The third-order valence-electron chi connectivity index (χ3n) is 7.49. The van der Waals surface area contributed by atoms with Crippen molar-refractivity contribution in [3.63, 3.8) is 0 Å². The second-order valence-corrected chi connectivity index (χ2v) is 11.0. The summed E-state index contributed by atoms with van der Waals surface area (Å²) in [6.45, 7) is 3.11. The molecule has 1 aliphatic rings. The van der Waals surface area contributed by atoms with Crippen molar-refractivity contribution in [3.05, 3.63) is 81.9 Å². The minimum absolute atomic E-state index is 0.0234. The number of hydrogen-bond acceptors (Lipinski definition) is 7. The van der Waals surface area contributed by atoms with Crippen LogP contribution in [0.1, 0.15) is 61.2 Å². The summed E-state index contributed by atoms with van der Waals surface area (Å²) < 4.78 is 89.7. The summed E-state index contributed by atoms with van der Waals surface area (Å²) in [5.74, 6) is 0.485. The average molecular weight is 630 g/mol. The molecule has 0 spiro atoms. The van der Waals surface area contributed by atoms with Crippen molar-refractivity contribution < 1.29 is 31.1 Å². The molecule has 9 nitrogen and oxygen atoms in total. The van der Waals surface area contributed by atoms with Crippen molar-refractivity contribution in [1.82, 2.24) is 34.1 Å². The number of fused-ring (bicyclic) bond motifs is 1. The fraction of sp³-hybridized carbons (Fsp3) is 0.333. The first kappa shape index (κ1) is 30.2. The van der Waals surface area contributed by atoms with E-state index in [1.165, 1.54) is 48.5 Å². The number of benzene rings is 1. The minimum Gasteiger partial charge on any atom is -0.480 e. The molecule has 0 unspecified atom stereocenters. The molecule has 4 aromatic heterocycles. The quantitative estimate of drug-likeness (QED) is 0.186. The van der Waals surface area contributed by atoms with Crippen LogP contribution in [0.4, 0.5) is 26.3 Å². The van der Waals surface area contributed by atoms with Gasteiger partial charge in [-0.3, -0.25) is 9.36 Å². The molecule has 1 fully saturated rings. The molecule has 0 radical (unpaired) electrons. The molecule has 5 aromatic rings. The SMILES string of the molecule is COc1ncnc(C2CC2)c1-c1ncc2cc(C(F)(F)F)c(=O)n(Cc3ccc(-c4nc(C(F)(F)F)cn4C(C)C)cc3)c2n1. The van der Waals surface area contributed by atoms with Crippen LogP contribution in [-0.4, -0.2) is 41.2 Å². The van der Waals surface area contributed by atoms with Crippen LogP contribution in [0.5, 0.6) is 5.88 Å². The summed E-state index contributed by atoms with van der Waals surface area (Å²) in [5.41, 5.74) is -2.00. The van der Waals surface area contributed by atoms with E-state index < -0.39 is 29.2 Å². The van der Waals surface area contributed by atoms with Gasteiger partial charge >= 0.3 is 12.4 Å². The third kappa shape index (κ3) is 5.73. The summed E-state index contributed by atoms with van der Waals surface area (Å²) in [6, 6.07) is 6.43. The van der Waals surface area contributed by atoms with Crippen LogP contribution in [0.25, 0.3) is 33.8 Å². The Hall–Kier alpha value is -4.82. The number of ether oxygens (including phenoxy) is 1. The second kappa shape index (κ2) is 11.0. The van der Waals surface area contributed by atoms with Crippen LogP contribution in [0.3, 0.4) is 0 Å². The van der Waals surface area contributed by atoms with Gasteiger partial charge in [-0.05, 0) is 38.3 Å². The van der Waals surface area contributed by atoms with Crippen molar-refractivity contribution in [2.24, 2.45) is 0 Å². The first-order chi connectivity index (χ1) is 21.3. The van der Waals surface area contributed by atoms with E-state index in [-0.39, 0.29) is 47.1 Å². The Labute approximate surface area is 251 Å². The predicted molar refractivity (Wildman–Crippen MR) is 151 cm³/mol. The summed E-state index contributed by atoms with van der Waals surface area (Å²) in [5, 5.41) is -0.0234. The van der Waals surface area contributed by atoms with E-state index in [9.17, 15) is 31.1 Å². The Morgan fingerprint density at radius 1 is 0.978 bits per heavy atom. The van der Waals surface area contributed by atoms with E-state index in [4.69, 9.17) is 4.74 Å². The summed E-state index contributed by atoms with van der Waals surface area (Å²) in [6.07, 6.45) is -4.34. The number of aromatic nitrogens is 7. The van der Waals surface area contributed by atoms with E-state index in [0.717, 1.165) is 23.6 Å². The highest BCUT2D eigenvalue weighted by Gasteiger charge is 2.37. The van der Waals surface area contributed by atoms with Crippen molar-refractivity contribution in [3.8, 4) is 28.7 Å². The Kier molecular flexibility index (Phi) is 7.36. The number of halogens is 6. The van der Waals surface area contributed by atoms with E-state index in [1.807, 2.05) is 0 Å². The molecule has 45 heavy (non-hydrogen) atoms. The zero-order chi connectivity index (χ0) is 32.3. The Morgan fingerprint density at radius 2 is 1.69 bits per heavy atom. The van der Waals surface area contributed by atoms with Gasteiger partial charge in [-0.25, -0.2) is 24.9 Å². The highest BCUT2D eigenvalue weighted by molar-refractivity contribution is 5.79. The molecular weight excluding hydrogens is 604 g/mol. The van der Waals surface area contributed by atoms with E-state index in [0.29, 0.717) is 28.5 Å². The van der Waals surface area contributed by atoms with Crippen LogP contribution in [0.2, 0.25) is 0 Å². The molecule has 1 aromatic carbocycles. The van der Waals surface area contributed by atoms with E-state index in [1.54, 1.807) is 13.8 Å². The molecule has 0 saturated heterocycles. The fourth-order valence-electron chi connectivity index (χ4n) is 5.12. The van der Waals surface area contributed by atoms with Gasteiger partial charge in [0.2, 0.25) is 5.88 Å². The lowest BCUT2D eigenvalue weighted by molar-refractivity contribution is -0.141. The van der Waals surface area contributed by atoms with Gasteiger partial charge < -0.3 is 9.30 Å². The van der Waals surface area contributed by atoms with Gasteiger partial charge in [0.1, 0.15) is 28.9 Å². The Bertz CT molecular complexity index is 1960. The molecular formula is C30H25F6N7O2. The van der Waals surface area contributed by atoms with Crippen molar-refractivity contribution in [2.75, 3.05) is 7.11 Å². The zero-order valence-corrected chi connectivity index (χ0v) is 24.1. The van der Waals surface area contributed by atoms with Crippen molar-refractivity contribution in [2.45, 2.75) is 57.5 Å². The normalized spacial score (nSPS) is 14.0. The molecule has 0 bridgehead atoms. The van der Waals surface area contributed by atoms with Gasteiger partial charge in [0.15, 0.2) is 11.5 Å². The van der Waals surface area contributed by atoms with Crippen LogP contribution in [-0.2, 0) is 18.9 Å². The van der Waals surface area contributed by atoms with Crippen LogP contribution in [0.15, 0.2) is 53.8 Å². The minimum atomic E-state index is -4.95. The number of nitrogens with zero attached hydrogens (tertiary/aromatic N) is 7. The molecule has 4 heterocycles. The van der Waals surface area contributed by atoms with Crippen molar-refractivity contribution >= 4 is 11.0 Å².